The zero-order chi connectivity index (χ0) is 24.9. The maximum atomic E-state index is 15.3. The number of nitro groups is 1. The highest BCUT2D eigenvalue weighted by atomic mass is 19.1. The van der Waals surface area contributed by atoms with Gasteiger partial charge in [-0.1, -0.05) is 0 Å². The number of likely N-dealkylation sites (N-methyl/N-ethyl adjacent to an activating group) is 1. The molecule has 0 spiro atoms. The number of halogens is 1. The van der Waals surface area contributed by atoms with Gasteiger partial charge in [0, 0.05) is 82.6 Å². The van der Waals surface area contributed by atoms with Gasteiger partial charge in [0.2, 0.25) is 5.95 Å². The van der Waals surface area contributed by atoms with Crippen molar-refractivity contribution in [2.45, 2.75) is 12.1 Å². The molecule has 12 heteroatoms. The third kappa shape index (κ3) is 5.50. The van der Waals surface area contributed by atoms with Crippen LogP contribution in [0.15, 0.2) is 24.5 Å². The minimum atomic E-state index is -0.571. The Morgan fingerprint density at radius 3 is 2.54 bits per heavy atom. The molecule has 0 amide bonds. The van der Waals surface area contributed by atoms with Crippen molar-refractivity contribution >= 4 is 17.3 Å². The van der Waals surface area contributed by atoms with Gasteiger partial charge in [0.15, 0.2) is 0 Å². The van der Waals surface area contributed by atoms with Gasteiger partial charge in [0.05, 0.1) is 36.9 Å². The molecule has 2 atom stereocenters. The van der Waals surface area contributed by atoms with Crippen molar-refractivity contribution < 1.29 is 23.5 Å². The topological polar surface area (TPSA) is 106 Å². The summed E-state index contributed by atoms with van der Waals surface area (Å²) in [4.78, 5) is 26.1. The van der Waals surface area contributed by atoms with Crippen LogP contribution in [0.25, 0.3) is 11.1 Å². The molecule has 0 N–H and O–H groups in total. The van der Waals surface area contributed by atoms with Crippen molar-refractivity contribution in [3.8, 4) is 11.1 Å². The summed E-state index contributed by atoms with van der Waals surface area (Å²) in [6.07, 6.45) is 2.81. The van der Waals surface area contributed by atoms with E-state index in [1.54, 1.807) is 14.2 Å². The fraction of sp³-hybridized carbons (Fsp3) is 0.565. The van der Waals surface area contributed by atoms with Crippen molar-refractivity contribution in [1.82, 2.24) is 14.9 Å². The molecule has 0 aliphatic carbocycles. The van der Waals surface area contributed by atoms with Crippen molar-refractivity contribution in [2.24, 2.45) is 0 Å². The lowest BCUT2D eigenvalue weighted by Gasteiger charge is -2.27. The van der Waals surface area contributed by atoms with Gasteiger partial charge in [-0.2, -0.15) is 0 Å². The predicted octanol–water partition coefficient (Wildman–Crippen LogP) is 1.81. The smallest absolute Gasteiger partial charge is 0.293 e. The van der Waals surface area contributed by atoms with Crippen LogP contribution in [0.5, 0.6) is 0 Å². The van der Waals surface area contributed by atoms with E-state index < -0.39 is 10.7 Å². The van der Waals surface area contributed by atoms with E-state index >= 15 is 4.39 Å². The van der Waals surface area contributed by atoms with Crippen molar-refractivity contribution in [1.29, 1.82) is 0 Å². The molecule has 0 unspecified atom stereocenters. The minimum Gasteiger partial charge on any atom is -0.383 e. The van der Waals surface area contributed by atoms with Crippen LogP contribution in [-0.2, 0) is 14.2 Å². The molecule has 2 fully saturated rings. The average Bonchev–Trinajstić information content (AvgIpc) is 3.32. The van der Waals surface area contributed by atoms with Crippen LogP contribution in [-0.4, -0.2) is 106 Å². The number of ether oxygens (including phenoxy) is 3. The summed E-state index contributed by atoms with van der Waals surface area (Å²) < 4.78 is 31.4. The maximum absolute atomic E-state index is 15.3. The third-order valence-corrected chi connectivity index (χ3v) is 6.60. The Morgan fingerprint density at radius 1 is 1.20 bits per heavy atom. The zero-order valence-electron chi connectivity index (χ0n) is 20.2. The van der Waals surface area contributed by atoms with Gasteiger partial charge in [-0.25, -0.2) is 14.4 Å². The number of morpholine rings is 1. The summed E-state index contributed by atoms with van der Waals surface area (Å²) in [5.74, 6) is -0.0478. The molecule has 0 radical (unpaired) electrons. The first-order chi connectivity index (χ1) is 16.9. The van der Waals surface area contributed by atoms with Gasteiger partial charge in [-0.3, -0.25) is 15.0 Å². The summed E-state index contributed by atoms with van der Waals surface area (Å²) in [7, 11) is 5.21. The molecule has 11 nitrogen and oxygen atoms in total. The summed E-state index contributed by atoms with van der Waals surface area (Å²) >= 11 is 0. The second kappa shape index (κ2) is 11.2. The van der Waals surface area contributed by atoms with E-state index in [1.165, 1.54) is 24.5 Å². The zero-order valence-corrected chi connectivity index (χ0v) is 20.2. The molecular formula is C23H31FN6O5. The van der Waals surface area contributed by atoms with Crippen LogP contribution in [0.3, 0.4) is 0 Å². The molecule has 2 saturated heterocycles. The lowest BCUT2D eigenvalue weighted by Crippen LogP contribution is -2.43. The van der Waals surface area contributed by atoms with E-state index in [9.17, 15) is 10.1 Å². The normalized spacial score (nSPS) is 20.6. The molecule has 3 heterocycles. The first-order valence-corrected chi connectivity index (χ1v) is 11.5. The molecule has 190 valence electrons. The number of hydrogen-bond acceptors (Lipinski definition) is 10. The fourth-order valence-electron chi connectivity index (χ4n) is 4.57. The number of rotatable bonds is 9. The van der Waals surface area contributed by atoms with E-state index in [4.69, 9.17) is 14.2 Å². The Kier molecular flexibility index (Phi) is 8.06. The van der Waals surface area contributed by atoms with Gasteiger partial charge in [-0.15, -0.1) is 0 Å². The highest BCUT2D eigenvalue weighted by molar-refractivity contribution is 5.74. The Balaban J connectivity index is 1.60. The highest BCUT2D eigenvalue weighted by Gasteiger charge is 2.38. The van der Waals surface area contributed by atoms with Gasteiger partial charge < -0.3 is 24.0 Å². The Hall–Kier alpha value is -2.93. The monoisotopic (exact) mass is 490 g/mol. The van der Waals surface area contributed by atoms with Gasteiger partial charge in [0.1, 0.15) is 11.5 Å². The van der Waals surface area contributed by atoms with Crippen LogP contribution in [0.2, 0.25) is 0 Å². The number of nitro benzene ring substituents is 1. The predicted molar refractivity (Wildman–Crippen MR) is 128 cm³/mol. The van der Waals surface area contributed by atoms with E-state index in [0.717, 1.165) is 0 Å². The maximum Gasteiger partial charge on any atom is 0.293 e. The summed E-state index contributed by atoms with van der Waals surface area (Å²) in [5, 5.41) is 12.0. The molecule has 4 rings (SSSR count). The molecule has 2 aromatic rings. The van der Waals surface area contributed by atoms with E-state index in [2.05, 4.69) is 14.9 Å². The average molecular weight is 491 g/mol. The molecular weight excluding hydrogens is 459 g/mol. The first kappa shape index (κ1) is 25.2. The van der Waals surface area contributed by atoms with Crippen molar-refractivity contribution in [2.75, 3.05) is 83.6 Å². The standard InChI is InChI=1S/C23H31FN6O5/c1-27(4-7-33-2)21-14-29(15-22(21)34-3)19-11-18(24)17(10-20(19)30(31)32)16-12-25-23(26-13-16)28-5-8-35-9-6-28/h10-13,21-22H,4-9,14-15H2,1-3H3/t21-,22-/m0/s1. The van der Waals surface area contributed by atoms with E-state index in [0.29, 0.717) is 64.1 Å². The van der Waals surface area contributed by atoms with Crippen LogP contribution >= 0.6 is 0 Å². The number of hydrogen-bond donors (Lipinski definition) is 0. The Morgan fingerprint density at radius 2 is 1.91 bits per heavy atom. The number of nitrogens with zero attached hydrogens (tertiary/aromatic N) is 6. The van der Waals surface area contributed by atoms with E-state index in [1.807, 2.05) is 16.8 Å². The van der Waals surface area contributed by atoms with Crippen LogP contribution < -0.4 is 9.80 Å². The van der Waals surface area contributed by atoms with Gasteiger partial charge in [0.25, 0.3) is 5.69 Å². The summed E-state index contributed by atoms with van der Waals surface area (Å²) in [6.45, 7) is 4.66. The number of methoxy groups -OCH3 is 2. The number of aromatic nitrogens is 2. The lowest BCUT2D eigenvalue weighted by molar-refractivity contribution is -0.384. The Bertz CT molecular complexity index is 1020. The largest absolute Gasteiger partial charge is 0.383 e. The van der Waals surface area contributed by atoms with Crippen LogP contribution in [0, 0.1) is 15.9 Å². The van der Waals surface area contributed by atoms with Crippen LogP contribution in [0.4, 0.5) is 21.7 Å². The fourth-order valence-corrected chi connectivity index (χ4v) is 4.57. The molecule has 2 aliphatic rings. The lowest BCUT2D eigenvalue weighted by atomic mass is 10.1. The molecule has 35 heavy (non-hydrogen) atoms. The van der Waals surface area contributed by atoms with Crippen molar-refractivity contribution in [3.05, 3.63) is 40.5 Å². The number of benzene rings is 1. The Labute approximate surface area is 203 Å². The molecule has 1 aromatic carbocycles. The second-order valence-electron chi connectivity index (χ2n) is 8.67. The van der Waals surface area contributed by atoms with Crippen LogP contribution in [0.1, 0.15) is 0 Å². The van der Waals surface area contributed by atoms with E-state index in [-0.39, 0.29) is 29.1 Å². The van der Waals surface area contributed by atoms with Gasteiger partial charge in [-0.05, 0) is 7.05 Å². The molecule has 0 saturated carbocycles. The molecule has 0 bridgehead atoms. The molecule has 1 aromatic heterocycles. The quantitative estimate of drug-likeness (QED) is 0.382. The molecule has 2 aliphatic heterocycles. The minimum absolute atomic E-state index is 0.0152. The van der Waals surface area contributed by atoms with Crippen molar-refractivity contribution in [3.63, 3.8) is 0 Å². The summed E-state index contributed by atoms with van der Waals surface area (Å²) in [6, 6.07) is 2.48. The third-order valence-electron chi connectivity index (χ3n) is 6.60. The second-order valence-corrected chi connectivity index (χ2v) is 8.67. The SMILES string of the molecule is COCCN(C)[C@H]1CN(c2cc(F)c(-c3cnc(N4CCOCC4)nc3)cc2[N+](=O)[O-])C[C@@H]1OC. The summed E-state index contributed by atoms with van der Waals surface area (Å²) in [5.41, 5.74) is 0.522. The first-order valence-electron chi connectivity index (χ1n) is 11.5. The highest BCUT2D eigenvalue weighted by Crippen LogP contribution is 2.37. The number of anilines is 2. The van der Waals surface area contributed by atoms with Gasteiger partial charge >= 0.3 is 0 Å².